The zero-order valence-electron chi connectivity index (χ0n) is 14.1. The van der Waals surface area contributed by atoms with Crippen LogP contribution in [0.2, 0.25) is 0 Å². The maximum atomic E-state index is 6.00. The van der Waals surface area contributed by atoms with Crippen molar-refractivity contribution in [2.45, 2.75) is 72.3 Å². The van der Waals surface area contributed by atoms with Gasteiger partial charge in [-0.1, -0.05) is 52.0 Å². The average molecular weight is 280 g/mol. The summed E-state index contributed by atoms with van der Waals surface area (Å²) in [5.74, 6) is 0.562. The van der Waals surface area contributed by atoms with E-state index in [4.69, 9.17) is 11.5 Å². The lowest BCUT2D eigenvalue weighted by molar-refractivity contribution is 0.277. The van der Waals surface area contributed by atoms with Gasteiger partial charge in [-0.2, -0.15) is 0 Å². The molecule has 0 saturated carbocycles. The molecule has 1 unspecified atom stereocenters. The molecule has 0 aromatic carbocycles. The van der Waals surface area contributed by atoms with E-state index in [9.17, 15) is 0 Å². The summed E-state index contributed by atoms with van der Waals surface area (Å²) in [4.78, 5) is 0. The number of hydrogen-bond donors (Lipinski definition) is 2. The second-order valence-electron chi connectivity index (χ2n) is 6.28. The van der Waals surface area contributed by atoms with Gasteiger partial charge < -0.3 is 11.5 Å². The minimum atomic E-state index is 0.293. The lowest BCUT2D eigenvalue weighted by Crippen LogP contribution is -2.28. The van der Waals surface area contributed by atoms with Crippen molar-refractivity contribution in [2.24, 2.45) is 22.8 Å². The Kier molecular flexibility index (Phi) is 10.8. The molecule has 20 heavy (non-hydrogen) atoms. The number of allylic oxidation sites excluding steroid dienone is 3. The summed E-state index contributed by atoms with van der Waals surface area (Å²) in [6.07, 6.45) is 15.7. The Morgan fingerprint density at radius 2 is 1.50 bits per heavy atom. The predicted octanol–water partition coefficient (Wildman–Crippen LogP) is 4.41. The van der Waals surface area contributed by atoms with Crippen LogP contribution < -0.4 is 11.5 Å². The zero-order chi connectivity index (χ0) is 15.4. The molecular formula is C18H36N2. The smallest absolute Gasteiger partial charge is 0.00966 e. The van der Waals surface area contributed by atoms with Crippen LogP contribution in [0.5, 0.6) is 0 Å². The van der Waals surface area contributed by atoms with Crippen LogP contribution in [-0.4, -0.2) is 12.6 Å². The summed E-state index contributed by atoms with van der Waals surface area (Å²) >= 11 is 0. The van der Waals surface area contributed by atoms with Crippen LogP contribution in [0.3, 0.4) is 0 Å². The minimum absolute atomic E-state index is 0.293. The molecule has 1 atom stereocenters. The molecule has 0 saturated heterocycles. The molecular weight excluding hydrogens is 244 g/mol. The molecule has 2 nitrogen and oxygen atoms in total. The van der Waals surface area contributed by atoms with Gasteiger partial charge in [0.15, 0.2) is 0 Å². The molecule has 0 spiro atoms. The molecule has 2 heteroatoms. The number of hydrogen-bond acceptors (Lipinski definition) is 2. The van der Waals surface area contributed by atoms with Crippen molar-refractivity contribution in [3.05, 3.63) is 24.3 Å². The van der Waals surface area contributed by atoms with Gasteiger partial charge in [0.25, 0.3) is 0 Å². The highest BCUT2D eigenvalue weighted by atomic mass is 14.6. The third kappa shape index (κ3) is 7.86. The maximum absolute atomic E-state index is 6.00. The first-order valence-corrected chi connectivity index (χ1v) is 8.27. The fourth-order valence-electron chi connectivity index (χ4n) is 2.20. The van der Waals surface area contributed by atoms with E-state index in [1.165, 1.54) is 0 Å². The SMILES string of the molecule is CCC(CC)(CN)C/C=C/CC/C=C/CC(N)C(C)C. The molecule has 0 amide bonds. The quantitative estimate of drug-likeness (QED) is 0.435. The van der Waals surface area contributed by atoms with E-state index < -0.39 is 0 Å². The standard InChI is InChI=1S/C18H36N2/c1-5-18(6-2,15-19)14-12-10-8-7-9-11-13-17(20)16(3)4/h9-12,16-17H,5-8,13-15,19-20H2,1-4H3/b11-9+,12-10+. The Balaban J connectivity index is 3.84. The summed E-state index contributed by atoms with van der Waals surface area (Å²) in [5, 5.41) is 0. The maximum Gasteiger partial charge on any atom is 0.00966 e. The van der Waals surface area contributed by atoms with E-state index in [2.05, 4.69) is 52.0 Å². The van der Waals surface area contributed by atoms with E-state index in [0.29, 0.717) is 17.4 Å². The minimum Gasteiger partial charge on any atom is -0.330 e. The normalized spacial score (nSPS) is 14.8. The Hall–Kier alpha value is -0.600. The van der Waals surface area contributed by atoms with Gasteiger partial charge in [0.1, 0.15) is 0 Å². The van der Waals surface area contributed by atoms with Crippen molar-refractivity contribution in [3.8, 4) is 0 Å². The largest absolute Gasteiger partial charge is 0.330 e. The molecule has 0 heterocycles. The molecule has 0 aromatic rings. The average Bonchev–Trinajstić information content (AvgIpc) is 2.46. The monoisotopic (exact) mass is 280 g/mol. The lowest BCUT2D eigenvalue weighted by Gasteiger charge is -2.28. The molecule has 0 fully saturated rings. The van der Waals surface area contributed by atoms with Gasteiger partial charge in [0, 0.05) is 6.04 Å². The molecule has 0 aliphatic carbocycles. The topological polar surface area (TPSA) is 52.0 Å². The van der Waals surface area contributed by atoms with Crippen molar-refractivity contribution in [3.63, 3.8) is 0 Å². The third-order valence-corrected chi connectivity index (χ3v) is 4.58. The predicted molar refractivity (Wildman–Crippen MR) is 91.6 cm³/mol. The molecule has 0 aromatic heterocycles. The van der Waals surface area contributed by atoms with Crippen LogP contribution in [0, 0.1) is 11.3 Å². The van der Waals surface area contributed by atoms with Crippen molar-refractivity contribution < 1.29 is 0 Å². The van der Waals surface area contributed by atoms with Gasteiger partial charge in [-0.25, -0.2) is 0 Å². The van der Waals surface area contributed by atoms with Crippen LogP contribution >= 0.6 is 0 Å². The van der Waals surface area contributed by atoms with Gasteiger partial charge in [-0.3, -0.25) is 0 Å². The second-order valence-corrected chi connectivity index (χ2v) is 6.28. The Morgan fingerprint density at radius 3 is 1.95 bits per heavy atom. The molecule has 118 valence electrons. The van der Waals surface area contributed by atoms with Crippen LogP contribution in [-0.2, 0) is 0 Å². The third-order valence-electron chi connectivity index (χ3n) is 4.58. The van der Waals surface area contributed by atoms with Crippen LogP contribution in [0.1, 0.15) is 66.2 Å². The first-order chi connectivity index (χ1) is 9.51. The van der Waals surface area contributed by atoms with Crippen molar-refractivity contribution in [2.75, 3.05) is 6.54 Å². The van der Waals surface area contributed by atoms with E-state index in [1.54, 1.807) is 0 Å². The van der Waals surface area contributed by atoms with Crippen LogP contribution in [0.15, 0.2) is 24.3 Å². The molecule has 0 aliphatic rings. The van der Waals surface area contributed by atoms with Gasteiger partial charge in [-0.05, 0) is 56.4 Å². The molecule has 0 aliphatic heterocycles. The van der Waals surface area contributed by atoms with Crippen LogP contribution in [0.4, 0.5) is 0 Å². The van der Waals surface area contributed by atoms with Gasteiger partial charge in [-0.15, -0.1) is 0 Å². The first kappa shape index (κ1) is 19.4. The van der Waals surface area contributed by atoms with E-state index >= 15 is 0 Å². The molecule has 0 radical (unpaired) electrons. The fraction of sp³-hybridized carbons (Fsp3) is 0.778. The number of unbranched alkanes of at least 4 members (excludes halogenated alkanes) is 1. The summed E-state index contributed by atoms with van der Waals surface area (Å²) in [6.45, 7) is 9.62. The number of rotatable bonds is 11. The Bertz CT molecular complexity index is 267. The first-order valence-electron chi connectivity index (χ1n) is 8.27. The summed E-state index contributed by atoms with van der Waals surface area (Å²) < 4.78 is 0. The Morgan fingerprint density at radius 1 is 0.950 bits per heavy atom. The molecule has 0 rings (SSSR count). The van der Waals surface area contributed by atoms with Gasteiger partial charge in [0.2, 0.25) is 0 Å². The van der Waals surface area contributed by atoms with Gasteiger partial charge in [0.05, 0.1) is 0 Å². The second kappa shape index (κ2) is 11.1. The summed E-state index contributed by atoms with van der Waals surface area (Å²) in [7, 11) is 0. The Labute approximate surface area is 126 Å². The van der Waals surface area contributed by atoms with Crippen molar-refractivity contribution >= 4 is 0 Å². The highest BCUT2D eigenvalue weighted by Crippen LogP contribution is 2.29. The highest BCUT2D eigenvalue weighted by Gasteiger charge is 2.22. The zero-order valence-corrected chi connectivity index (χ0v) is 14.1. The van der Waals surface area contributed by atoms with E-state index in [0.717, 1.165) is 45.1 Å². The summed E-state index contributed by atoms with van der Waals surface area (Å²) in [6, 6.07) is 0.293. The van der Waals surface area contributed by atoms with E-state index in [-0.39, 0.29) is 0 Å². The highest BCUT2D eigenvalue weighted by molar-refractivity contribution is 4.93. The fourth-order valence-corrected chi connectivity index (χ4v) is 2.20. The lowest BCUT2D eigenvalue weighted by atomic mass is 9.79. The molecule has 0 bridgehead atoms. The van der Waals surface area contributed by atoms with Crippen molar-refractivity contribution in [1.82, 2.24) is 0 Å². The molecule has 4 N–H and O–H groups in total. The van der Waals surface area contributed by atoms with Gasteiger partial charge >= 0.3 is 0 Å². The number of nitrogens with two attached hydrogens (primary N) is 2. The van der Waals surface area contributed by atoms with Crippen molar-refractivity contribution in [1.29, 1.82) is 0 Å². The van der Waals surface area contributed by atoms with Crippen LogP contribution in [0.25, 0.3) is 0 Å². The summed E-state index contributed by atoms with van der Waals surface area (Å²) in [5.41, 5.74) is 12.2. The van der Waals surface area contributed by atoms with E-state index in [1.807, 2.05) is 0 Å².